The third-order valence-corrected chi connectivity index (χ3v) is 7.41. The van der Waals surface area contributed by atoms with E-state index < -0.39 is 11.7 Å². The van der Waals surface area contributed by atoms with Gasteiger partial charge in [0, 0.05) is 33.8 Å². The Balaban J connectivity index is 1.59. The first kappa shape index (κ1) is 29.8. The van der Waals surface area contributed by atoms with E-state index in [0.29, 0.717) is 44.1 Å². The number of nitrogens with zero attached hydrogens (tertiary/aromatic N) is 1. The summed E-state index contributed by atoms with van der Waals surface area (Å²) in [6, 6.07) is 22.4. The van der Waals surface area contributed by atoms with Crippen LogP contribution in [0.25, 0.3) is 33.5 Å². The topological polar surface area (TPSA) is 105 Å². The standard InChI is InChI=1S/C33H30ClFN4O4/c1-4-9-26(19-10-6-5-7-11-19)38-32(40)20-14-15-21(23(16-20)33(41)39-43-3)30-22(12-8-13-24(30)34)31-36-27-17-25(35)29(42-2)18-28(27)37-31/h5-8,10-18,26H,4,9H2,1-3H3,(H,36,37)(H,38,40)(H,39,41). The highest BCUT2D eigenvalue weighted by molar-refractivity contribution is 6.34. The maximum atomic E-state index is 14.4. The average molecular weight is 601 g/mol. The van der Waals surface area contributed by atoms with Gasteiger partial charge in [-0.2, -0.15) is 0 Å². The van der Waals surface area contributed by atoms with E-state index in [2.05, 4.69) is 27.7 Å². The number of halogens is 2. The van der Waals surface area contributed by atoms with E-state index in [9.17, 15) is 14.0 Å². The molecule has 0 radical (unpaired) electrons. The molecule has 2 amide bonds. The zero-order valence-corrected chi connectivity index (χ0v) is 24.6. The van der Waals surface area contributed by atoms with Crippen molar-refractivity contribution < 1.29 is 23.6 Å². The van der Waals surface area contributed by atoms with Crippen LogP contribution in [0.3, 0.4) is 0 Å². The van der Waals surface area contributed by atoms with Crippen molar-refractivity contribution in [3.63, 3.8) is 0 Å². The van der Waals surface area contributed by atoms with Crippen molar-refractivity contribution in [2.75, 3.05) is 14.2 Å². The lowest BCUT2D eigenvalue weighted by molar-refractivity contribution is 0.0538. The molecule has 220 valence electrons. The number of carbonyl (C=O) groups excluding carboxylic acids is 2. The number of H-pyrrole nitrogens is 1. The first-order valence-electron chi connectivity index (χ1n) is 13.7. The van der Waals surface area contributed by atoms with Gasteiger partial charge in [-0.1, -0.05) is 73.5 Å². The van der Waals surface area contributed by atoms with Gasteiger partial charge in [-0.3, -0.25) is 14.4 Å². The number of hydroxylamine groups is 1. The van der Waals surface area contributed by atoms with Gasteiger partial charge in [0.25, 0.3) is 11.8 Å². The van der Waals surface area contributed by atoms with Crippen LogP contribution >= 0.6 is 11.6 Å². The van der Waals surface area contributed by atoms with Crippen LogP contribution in [0.15, 0.2) is 78.9 Å². The molecular weight excluding hydrogens is 571 g/mol. The summed E-state index contributed by atoms with van der Waals surface area (Å²) in [5, 5.41) is 3.45. The van der Waals surface area contributed by atoms with Gasteiger partial charge in [-0.05, 0) is 35.7 Å². The summed E-state index contributed by atoms with van der Waals surface area (Å²) in [5.41, 5.74) is 6.27. The monoisotopic (exact) mass is 600 g/mol. The van der Waals surface area contributed by atoms with Crippen LogP contribution in [0.5, 0.6) is 5.75 Å². The van der Waals surface area contributed by atoms with Gasteiger partial charge in [0.1, 0.15) is 5.82 Å². The SMILES string of the molecule is CCCC(NC(=O)c1ccc(-c2c(Cl)cccc2-c2nc3cc(OC)c(F)cc3[nH]2)c(C(=O)NOC)c1)c1ccccc1. The number of hydrogen-bond donors (Lipinski definition) is 3. The highest BCUT2D eigenvalue weighted by atomic mass is 35.5. The molecule has 3 N–H and O–H groups in total. The molecule has 5 aromatic rings. The molecule has 8 nitrogen and oxygen atoms in total. The Labute approximate surface area is 253 Å². The first-order chi connectivity index (χ1) is 20.8. The van der Waals surface area contributed by atoms with Crippen LogP contribution in [0.4, 0.5) is 4.39 Å². The van der Waals surface area contributed by atoms with Gasteiger partial charge in [0.2, 0.25) is 0 Å². The van der Waals surface area contributed by atoms with E-state index in [0.717, 1.165) is 18.4 Å². The molecule has 1 atom stereocenters. The minimum Gasteiger partial charge on any atom is -0.494 e. The van der Waals surface area contributed by atoms with Crippen molar-refractivity contribution in [2.24, 2.45) is 0 Å². The number of nitrogens with one attached hydrogen (secondary N) is 3. The number of aromatic amines is 1. The van der Waals surface area contributed by atoms with Crippen LogP contribution in [0.1, 0.15) is 52.1 Å². The number of benzene rings is 4. The number of amides is 2. The zero-order valence-electron chi connectivity index (χ0n) is 23.8. The Kier molecular flexibility index (Phi) is 9.04. The number of rotatable bonds is 10. The minimum atomic E-state index is -0.567. The molecule has 5 rings (SSSR count). The van der Waals surface area contributed by atoms with E-state index in [-0.39, 0.29) is 23.3 Å². The van der Waals surface area contributed by atoms with Crippen molar-refractivity contribution in [1.29, 1.82) is 0 Å². The molecule has 1 heterocycles. The Hall–Kier alpha value is -4.73. The van der Waals surface area contributed by atoms with Crippen LogP contribution in [-0.4, -0.2) is 36.0 Å². The molecule has 0 fully saturated rings. The highest BCUT2D eigenvalue weighted by Crippen LogP contribution is 2.39. The summed E-state index contributed by atoms with van der Waals surface area (Å²) in [5.74, 6) is -0.948. The maximum absolute atomic E-state index is 14.4. The molecule has 43 heavy (non-hydrogen) atoms. The molecule has 0 saturated heterocycles. The third-order valence-electron chi connectivity index (χ3n) is 7.10. The van der Waals surface area contributed by atoms with Crippen molar-refractivity contribution in [3.05, 3.63) is 106 Å². The third kappa shape index (κ3) is 6.23. The first-order valence-corrected chi connectivity index (χ1v) is 14.1. The quantitative estimate of drug-likeness (QED) is 0.146. The summed E-state index contributed by atoms with van der Waals surface area (Å²) in [4.78, 5) is 39.4. The number of fused-ring (bicyclic) bond motifs is 1. The number of hydrogen-bond acceptors (Lipinski definition) is 5. The minimum absolute atomic E-state index is 0.0673. The highest BCUT2D eigenvalue weighted by Gasteiger charge is 2.23. The Morgan fingerprint density at radius 2 is 1.77 bits per heavy atom. The number of aromatic nitrogens is 2. The van der Waals surface area contributed by atoms with E-state index in [1.165, 1.54) is 32.4 Å². The molecule has 0 saturated carbocycles. The molecule has 0 bridgehead atoms. The average Bonchev–Trinajstić information content (AvgIpc) is 3.43. The fraction of sp³-hybridized carbons (Fsp3) is 0.182. The van der Waals surface area contributed by atoms with Gasteiger partial charge in [0.05, 0.1) is 36.9 Å². The zero-order chi connectivity index (χ0) is 30.5. The molecule has 10 heteroatoms. The Morgan fingerprint density at radius 3 is 2.49 bits per heavy atom. The molecule has 1 unspecified atom stereocenters. The van der Waals surface area contributed by atoms with Crippen LogP contribution in [-0.2, 0) is 4.84 Å². The molecule has 0 spiro atoms. The molecule has 0 aliphatic carbocycles. The van der Waals surface area contributed by atoms with Crippen molar-refractivity contribution >= 4 is 34.4 Å². The molecule has 4 aromatic carbocycles. The smallest absolute Gasteiger partial charge is 0.275 e. The van der Waals surface area contributed by atoms with Crippen LogP contribution < -0.4 is 15.5 Å². The summed E-state index contributed by atoms with van der Waals surface area (Å²) in [6.45, 7) is 2.06. The summed E-state index contributed by atoms with van der Waals surface area (Å²) in [6.07, 6.45) is 1.62. The van der Waals surface area contributed by atoms with Gasteiger partial charge >= 0.3 is 0 Å². The Bertz CT molecular complexity index is 1790. The maximum Gasteiger partial charge on any atom is 0.275 e. The lowest BCUT2D eigenvalue weighted by Gasteiger charge is -2.20. The van der Waals surface area contributed by atoms with E-state index in [1.54, 1.807) is 30.3 Å². The second kappa shape index (κ2) is 13.1. The van der Waals surface area contributed by atoms with Crippen LogP contribution in [0, 0.1) is 5.82 Å². The van der Waals surface area contributed by atoms with E-state index in [4.69, 9.17) is 21.2 Å². The van der Waals surface area contributed by atoms with Gasteiger partial charge in [-0.25, -0.2) is 14.9 Å². The van der Waals surface area contributed by atoms with E-state index in [1.807, 2.05) is 30.3 Å². The van der Waals surface area contributed by atoms with Gasteiger partial charge in [0.15, 0.2) is 11.6 Å². The van der Waals surface area contributed by atoms with Crippen LogP contribution in [0.2, 0.25) is 5.02 Å². The lowest BCUT2D eigenvalue weighted by Crippen LogP contribution is -2.29. The predicted octanol–water partition coefficient (Wildman–Crippen LogP) is 7.26. The van der Waals surface area contributed by atoms with Gasteiger partial charge < -0.3 is 15.0 Å². The fourth-order valence-corrected chi connectivity index (χ4v) is 5.34. The summed E-state index contributed by atoms with van der Waals surface area (Å²) >= 11 is 6.75. The van der Waals surface area contributed by atoms with Crippen molar-refractivity contribution in [2.45, 2.75) is 25.8 Å². The Morgan fingerprint density at radius 1 is 0.977 bits per heavy atom. The molecular formula is C33H30ClFN4O4. The largest absolute Gasteiger partial charge is 0.494 e. The van der Waals surface area contributed by atoms with Crippen molar-refractivity contribution in [3.8, 4) is 28.3 Å². The number of ether oxygens (including phenoxy) is 1. The summed E-state index contributed by atoms with van der Waals surface area (Å²) in [7, 11) is 2.71. The van der Waals surface area contributed by atoms with E-state index >= 15 is 0 Å². The predicted molar refractivity (Wildman–Crippen MR) is 165 cm³/mol. The number of methoxy groups -OCH3 is 1. The molecule has 0 aliphatic rings. The normalized spacial score (nSPS) is 11.7. The second-order valence-electron chi connectivity index (χ2n) is 9.87. The lowest BCUT2D eigenvalue weighted by atomic mass is 9.92. The summed E-state index contributed by atoms with van der Waals surface area (Å²) < 4.78 is 19.5. The molecule has 0 aliphatic heterocycles. The molecule has 1 aromatic heterocycles. The second-order valence-corrected chi connectivity index (χ2v) is 10.3. The van der Waals surface area contributed by atoms with Crippen molar-refractivity contribution in [1.82, 2.24) is 20.8 Å². The van der Waals surface area contributed by atoms with Gasteiger partial charge in [-0.15, -0.1) is 0 Å². The number of carbonyl (C=O) groups is 2. The number of imidazole rings is 1. The fourth-order valence-electron chi connectivity index (χ4n) is 5.07.